The molecule has 0 fully saturated rings. The number of ether oxygens (including phenoxy) is 1. The van der Waals surface area contributed by atoms with E-state index in [9.17, 15) is 9.90 Å². The first-order valence-corrected chi connectivity index (χ1v) is 7.98. The number of carbonyl (C=O) groups excluding carboxylic acids is 1. The van der Waals surface area contributed by atoms with E-state index in [4.69, 9.17) is 4.74 Å². The average Bonchev–Trinajstić information content (AvgIpc) is 2.91. The molecule has 1 aromatic heterocycles. The number of carboxylic acids is 1. The molecule has 1 heterocycles. The highest BCUT2D eigenvalue weighted by Gasteiger charge is 2.07. The van der Waals surface area contributed by atoms with Gasteiger partial charge in [-0.25, -0.2) is 4.98 Å². The largest absolute Gasteiger partial charge is 0.544 e. The first-order chi connectivity index (χ1) is 10.9. The van der Waals surface area contributed by atoms with Crippen LogP contribution in [0.5, 0.6) is 5.75 Å². The Labute approximate surface area is 139 Å². The monoisotopic (exact) mass is 332 g/mol. The Hall–Kier alpha value is -2.28. The summed E-state index contributed by atoms with van der Waals surface area (Å²) < 4.78 is 5.59. The van der Waals surface area contributed by atoms with E-state index in [1.165, 1.54) is 6.08 Å². The van der Waals surface area contributed by atoms with E-state index in [0.717, 1.165) is 23.1 Å². The lowest BCUT2D eigenvalue weighted by Gasteiger charge is -2.09. The lowest BCUT2D eigenvalue weighted by atomic mass is 10.2. The van der Waals surface area contributed by atoms with Crippen molar-refractivity contribution in [3.8, 4) is 5.75 Å². The highest BCUT2D eigenvalue weighted by atomic mass is 32.2. The second kappa shape index (κ2) is 7.82. The average molecular weight is 332 g/mol. The quantitative estimate of drug-likeness (QED) is 0.616. The van der Waals surface area contributed by atoms with Gasteiger partial charge >= 0.3 is 0 Å². The maximum absolute atomic E-state index is 11.3. The number of carbonyl (C=O) groups is 1. The molecule has 2 rings (SSSR count). The van der Waals surface area contributed by atoms with Crippen LogP contribution in [0.3, 0.4) is 0 Å². The van der Waals surface area contributed by atoms with E-state index in [2.05, 4.69) is 29.0 Å². The molecule has 6 nitrogen and oxygen atoms in total. The van der Waals surface area contributed by atoms with Crippen LogP contribution in [0.1, 0.15) is 25.2 Å². The van der Waals surface area contributed by atoms with Gasteiger partial charge in [0.25, 0.3) is 0 Å². The zero-order valence-corrected chi connectivity index (χ0v) is 14.0. The number of aliphatic carboxylic acids is 1. The van der Waals surface area contributed by atoms with Gasteiger partial charge in [0.2, 0.25) is 5.16 Å². The number of carboxylic acid groups (broad SMARTS) is 1. The second-order valence-corrected chi connectivity index (χ2v) is 6.38. The van der Waals surface area contributed by atoms with Gasteiger partial charge in [-0.3, -0.25) is 5.10 Å². The third kappa shape index (κ3) is 5.45. The molecule has 0 radical (unpaired) electrons. The number of hydrogen-bond acceptors (Lipinski definition) is 6. The van der Waals surface area contributed by atoms with Crippen LogP contribution in [0, 0.1) is 12.8 Å². The summed E-state index contributed by atoms with van der Waals surface area (Å²) in [5.74, 6) is 0.554. The standard InChI is InChI=1S/C16H19N3O3S/c1-10(2)9-22-13-6-4-12(5-7-13)8-14(15(20)21)23-16-17-11(3)18-19-16/h4-8,10H,9H2,1-3H3,(H,20,21)(H,17,18,19)/p-1/b14-8+. The maximum Gasteiger partial charge on any atom is 0.213 e. The number of H-pyrrole nitrogens is 1. The molecule has 0 amide bonds. The van der Waals surface area contributed by atoms with Gasteiger partial charge < -0.3 is 14.6 Å². The highest BCUT2D eigenvalue weighted by Crippen LogP contribution is 2.25. The highest BCUT2D eigenvalue weighted by molar-refractivity contribution is 8.04. The fraction of sp³-hybridized carbons (Fsp3) is 0.312. The molecule has 0 atom stereocenters. The molecule has 0 bridgehead atoms. The zero-order chi connectivity index (χ0) is 16.8. The fourth-order valence-corrected chi connectivity index (χ4v) is 2.42. The van der Waals surface area contributed by atoms with Gasteiger partial charge in [-0.2, -0.15) is 0 Å². The van der Waals surface area contributed by atoms with Crippen molar-refractivity contribution in [2.45, 2.75) is 25.9 Å². The van der Waals surface area contributed by atoms with Crippen molar-refractivity contribution in [3.63, 3.8) is 0 Å². The van der Waals surface area contributed by atoms with Crippen LogP contribution in [0.2, 0.25) is 0 Å². The summed E-state index contributed by atoms with van der Waals surface area (Å²) >= 11 is 0.945. The van der Waals surface area contributed by atoms with Crippen LogP contribution in [0.4, 0.5) is 0 Å². The van der Waals surface area contributed by atoms with Crippen molar-refractivity contribution in [1.29, 1.82) is 0 Å². The van der Waals surface area contributed by atoms with Crippen molar-refractivity contribution >= 4 is 23.8 Å². The molecular weight excluding hydrogens is 314 g/mol. The number of nitrogens with zero attached hydrogens (tertiary/aromatic N) is 2. The smallest absolute Gasteiger partial charge is 0.213 e. The fourth-order valence-electron chi connectivity index (χ4n) is 1.67. The number of nitrogens with one attached hydrogen (secondary N) is 1. The number of thioether (sulfide) groups is 1. The minimum Gasteiger partial charge on any atom is -0.544 e. The molecule has 0 aliphatic carbocycles. The van der Waals surface area contributed by atoms with Gasteiger partial charge in [-0.05, 0) is 48.4 Å². The van der Waals surface area contributed by atoms with E-state index in [-0.39, 0.29) is 4.91 Å². The van der Waals surface area contributed by atoms with Gasteiger partial charge in [-0.1, -0.05) is 26.0 Å². The maximum atomic E-state index is 11.3. The number of aromatic nitrogens is 3. The lowest BCUT2D eigenvalue weighted by molar-refractivity contribution is -0.297. The van der Waals surface area contributed by atoms with E-state index in [0.29, 0.717) is 23.5 Å². The third-order valence-corrected chi connectivity index (χ3v) is 3.61. The predicted octanol–water partition coefficient (Wildman–Crippen LogP) is 2.03. The summed E-state index contributed by atoms with van der Waals surface area (Å²) in [7, 11) is 0. The number of benzene rings is 1. The van der Waals surface area contributed by atoms with Crippen molar-refractivity contribution in [3.05, 3.63) is 40.6 Å². The Morgan fingerprint density at radius 3 is 2.61 bits per heavy atom. The SMILES string of the molecule is Cc1nc(S/C(=C/c2ccc(OCC(C)C)cc2)C(=O)[O-])n[nH]1. The molecule has 0 aliphatic heterocycles. The molecule has 23 heavy (non-hydrogen) atoms. The third-order valence-electron chi connectivity index (χ3n) is 2.74. The normalized spacial score (nSPS) is 11.7. The molecule has 0 aliphatic rings. The molecule has 2 aromatic rings. The van der Waals surface area contributed by atoms with Gasteiger partial charge in [0.15, 0.2) is 0 Å². The van der Waals surface area contributed by atoms with Crippen molar-refractivity contribution in [2.75, 3.05) is 6.61 Å². The van der Waals surface area contributed by atoms with Crippen LogP contribution in [0.15, 0.2) is 34.3 Å². The molecule has 1 N–H and O–H groups in total. The first kappa shape index (κ1) is 17.1. The van der Waals surface area contributed by atoms with Gasteiger partial charge in [0, 0.05) is 4.91 Å². The topological polar surface area (TPSA) is 90.9 Å². The molecule has 0 saturated heterocycles. The van der Waals surface area contributed by atoms with Crippen LogP contribution in [0.25, 0.3) is 6.08 Å². The molecular formula is C16H18N3O3S-. The summed E-state index contributed by atoms with van der Waals surface area (Å²) in [4.78, 5) is 15.4. The predicted molar refractivity (Wildman–Crippen MR) is 86.7 cm³/mol. The number of rotatable bonds is 7. The minimum absolute atomic E-state index is 0.0415. The summed E-state index contributed by atoms with van der Waals surface area (Å²) in [6, 6.07) is 7.20. The minimum atomic E-state index is -1.27. The van der Waals surface area contributed by atoms with Gasteiger partial charge in [-0.15, -0.1) is 5.10 Å². The molecule has 0 spiro atoms. The molecule has 0 unspecified atom stereocenters. The molecule has 1 aromatic carbocycles. The number of hydrogen-bond donors (Lipinski definition) is 1. The Morgan fingerprint density at radius 1 is 1.39 bits per heavy atom. The van der Waals surface area contributed by atoms with Crippen LogP contribution < -0.4 is 9.84 Å². The van der Waals surface area contributed by atoms with Crippen LogP contribution >= 0.6 is 11.8 Å². The van der Waals surface area contributed by atoms with Crippen LogP contribution in [-0.2, 0) is 4.79 Å². The van der Waals surface area contributed by atoms with Crippen molar-refractivity contribution in [2.24, 2.45) is 5.92 Å². The van der Waals surface area contributed by atoms with Crippen LogP contribution in [-0.4, -0.2) is 27.8 Å². The Morgan fingerprint density at radius 2 is 2.09 bits per heavy atom. The van der Waals surface area contributed by atoms with Gasteiger partial charge in [0.1, 0.15) is 11.6 Å². The lowest BCUT2D eigenvalue weighted by Crippen LogP contribution is -2.23. The van der Waals surface area contributed by atoms with E-state index >= 15 is 0 Å². The second-order valence-electron chi connectivity index (χ2n) is 5.38. The number of aryl methyl sites for hydroxylation is 1. The molecule has 7 heteroatoms. The Kier molecular flexibility index (Phi) is 5.81. The van der Waals surface area contributed by atoms with Crippen molar-refractivity contribution in [1.82, 2.24) is 15.2 Å². The first-order valence-electron chi connectivity index (χ1n) is 7.17. The number of aromatic amines is 1. The van der Waals surface area contributed by atoms with E-state index in [1.54, 1.807) is 19.1 Å². The summed E-state index contributed by atoms with van der Waals surface area (Å²) in [6.07, 6.45) is 1.53. The Bertz CT molecular complexity index is 693. The zero-order valence-electron chi connectivity index (χ0n) is 13.2. The Balaban J connectivity index is 2.11. The van der Waals surface area contributed by atoms with E-state index < -0.39 is 5.97 Å². The van der Waals surface area contributed by atoms with Crippen molar-refractivity contribution < 1.29 is 14.6 Å². The summed E-state index contributed by atoms with van der Waals surface area (Å²) in [5.41, 5.74) is 0.737. The summed E-state index contributed by atoms with van der Waals surface area (Å²) in [5, 5.41) is 18.2. The summed E-state index contributed by atoms with van der Waals surface area (Å²) in [6.45, 7) is 6.53. The van der Waals surface area contributed by atoms with E-state index in [1.807, 2.05) is 12.1 Å². The molecule has 122 valence electrons. The van der Waals surface area contributed by atoms with Gasteiger partial charge in [0.05, 0.1) is 12.6 Å². The molecule has 0 saturated carbocycles.